The molecule has 0 unspecified atom stereocenters. The molecule has 0 aromatic heterocycles. The Balaban J connectivity index is 1.49. The second kappa shape index (κ2) is 14.4. The lowest BCUT2D eigenvalue weighted by Crippen LogP contribution is -2.48. The number of ether oxygens (including phenoxy) is 1. The summed E-state index contributed by atoms with van der Waals surface area (Å²) in [5, 5.41) is 2.87. The molecule has 0 bridgehead atoms. The van der Waals surface area contributed by atoms with Crippen LogP contribution < -0.4 is 15.4 Å². The number of halogens is 1. The first-order valence-corrected chi connectivity index (χ1v) is 15.9. The molecule has 0 atom stereocenters. The van der Waals surface area contributed by atoms with Gasteiger partial charge in [0, 0.05) is 24.7 Å². The second-order valence-corrected chi connectivity index (χ2v) is 12.9. The molecule has 43 heavy (non-hydrogen) atoms. The molecule has 226 valence electrons. The fourth-order valence-corrected chi connectivity index (χ4v) is 5.37. The summed E-state index contributed by atoms with van der Waals surface area (Å²) in [7, 11) is -2.13. The molecular weight excluding hydrogens is 565 g/mol. The lowest BCUT2D eigenvalue weighted by Gasteiger charge is -2.30. The zero-order chi connectivity index (χ0) is 30.9. The first-order valence-electron chi connectivity index (χ1n) is 14.1. The Kier molecular flexibility index (Phi) is 10.7. The van der Waals surface area contributed by atoms with E-state index in [0.29, 0.717) is 42.6 Å². The number of nitrogens with zero attached hydrogens (tertiary/aromatic N) is 1. The number of rotatable bonds is 14. The zero-order valence-electron chi connectivity index (χ0n) is 24.5. The average Bonchev–Trinajstić information content (AvgIpc) is 2.98. The number of carbonyl (C=O) groups is 1. The van der Waals surface area contributed by atoms with Gasteiger partial charge in [-0.25, -0.2) is 12.8 Å². The third-order valence-corrected chi connectivity index (χ3v) is 8.38. The van der Waals surface area contributed by atoms with Crippen LogP contribution >= 0.6 is 0 Å². The lowest BCUT2D eigenvalue weighted by atomic mass is 9.86. The molecule has 3 N–H and O–H groups in total. The molecule has 0 heterocycles. The summed E-state index contributed by atoms with van der Waals surface area (Å²) in [6, 6.07) is 31.0. The number of nitrogens with one attached hydrogen (secondary N) is 1. The predicted octanol–water partition coefficient (Wildman–Crippen LogP) is 4.89. The summed E-state index contributed by atoms with van der Waals surface area (Å²) < 4.78 is 45.1. The summed E-state index contributed by atoms with van der Waals surface area (Å²) in [4.78, 5) is 13.1. The minimum Gasteiger partial charge on any atom is -0.375 e. The molecule has 0 aliphatic carbocycles. The Hall–Kier alpha value is -4.05. The number of benzene rings is 4. The quantitative estimate of drug-likeness (QED) is 0.214. The number of anilines is 1. The first-order chi connectivity index (χ1) is 20.5. The van der Waals surface area contributed by atoms with Gasteiger partial charge in [0.1, 0.15) is 5.82 Å². The van der Waals surface area contributed by atoms with Crippen molar-refractivity contribution in [2.24, 2.45) is 5.73 Å². The van der Waals surface area contributed by atoms with Crippen molar-refractivity contribution in [3.8, 4) is 0 Å². The van der Waals surface area contributed by atoms with E-state index >= 15 is 0 Å². The summed E-state index contributed by atoms with van der Waals surface area (Å²) in [5.74, 6) is -0.671. The van der Waals surface area contributed by atoms with Gasteiger partial charge in [0.2, 0.25) is 10.0 Å². The Morgan fingerprint density at radius 2 is 1.44 bits per heavy atom. The van der Waals surface area contributed by atoms with Crippen LogP contribution in [0.5, 0.6) is 0 Å². The second-order valence-electron chi connectivity index (χ2n) is 10.9. The maximum absolute atomic E-state index is 13.2. The van der Waals surface area contributed by atoms with E-state index in [1.807, 2.05) is 60.7 Å². The molecule has 0 aliphatic heterocycles. The normalized spacial score (nSPS) is 11.7. The molecule has 7 nitrogen and oxygen atoms in total. The third kappa shape index (κ3) is 9.74. The molecule has 0 saturated carbocycles. The molecule has 4 rings (SSSR count). The van der Waals surface area contributed by atoms with E-state index in [0.717, 1.165) is 27.3 Å². The van der Waals surface area contributed by atoms with Crippen molar-refractivity contribution in [3.05, 3.63) is 137 Å². The molecule has 0 spiro atoms. The molecule has 0 radical (unpaired) electrons. The Morgan fingerprint density at radius 3 is 2.00 bits per heavy atom. The largest absolute Gasteiger partial charge is 0.375 e. The van der Waals surface area contributed by atoms with Gasteiger partial charge < -0.3 is 15.8 Å². The van der Waals surface area contributed by atoms with Crippen molar-refractivity contribution in [3.63, 3.8) is 0 Å². The van der Waals surface area contributed by atoms with Gasteiger partial charge in [0.15, 0.2) is 0 Å². The first kappa shape index (κ1) is 31.9. The molecule has 1 amide bonds. The average molecular weight is 604 g/mol. The van der Waals surface area contributed by atoms with Crippen molar-refractivity contribution >= 4 is 21.6 Å². The predicted molar refractivity (Wildman–Crippen MR) is 169 cm³/mol. The summed E-state index contributed by atoms with van der Waals surface area (Å²) in [5.41, 5.74) is 10.6. The van der Waals surface area contributed by atoms with Crippen LogP contribution in [0.2, 0.25) is 0 Å². The molecule has 0 fully saturated rings. The summed E-state index contributed by atoms with van der Waals surface area (Å²) >= 11 is 0. The number of carbonyl (C=O) groups excluding carboxylic acids is 1. The number of hydrogen-bond acceptors (Lipinski definition) is 5. The van der Waals surface area contributed by atoms with Gasteiger partial charge in [-0.1, -0.05) is 72.8 Å². The van der Waals surface area contributed by atoms with Crippen molar-refractivity contribution in [1.29, 1.82) is 0 Å². The Morgan fingerprint density at radius 1 is 0.860 bits per heavy atom. The van der Waals surface area contributed by atoms with Gasteiger partial charge in [-0.05, 0) is 71.8 Å². The van der Waals surface area contributed by atoms with Gasteiger partial charge in [-0.2, -0.15) is 0 Å². The number of amides is 1. The van der Waals surface area contributed by atoms with Crippen LogP contribution in [-0.4, -0.2) is 46.3 Å². The maximum atomic E-state index is 13.2. The summed E-state index contributed by atoms with van der Waals surface area (Å²) in [6.07, 6.45) is 2.82. The Labute approximate surface area is 253 Å². The van der Waals surface area contributed by atoms with Gasteiger partial charge in [0.25, 0.3) is 5.91 Å². The minimum atomic E-state index is -3.57. The highest BCUT2D eigenvalue weighted by Crippen LogP contribution is 2.23. The molecule has 0 aliphatic rings. The smallest absolute Gasteiger partial charge is 0.251 e. The van der Waals surface area contributed by atoms with Crippen molar-refractivity contribution in [1.82, 2.24) is 5.32 Å². The van der Waals surface area contributed by atoms with Crippen LogP contribution in [0.15, 0.2) is 103 Å². The fourth-order valence-electron chi connectivity index (χ4n) is 4.88. The SMILES string of the molecule is CN(c1cc(COCC(N)(Cc2ccccc2)Cc2ccccc2)cc(C(=O)NCCc2ccc(F)cc2)c1)S(C)(=O)=O. The van der Waals surface area contributed by atoms with Crippen LogP contribution in [0.25, 0.3) is 0 Å². The van der Waals surface area contributed by atoms with Crippen LogP contribution in [0.4, 0.5) is 10.1 Å². The van der Waals surface area contributed by atoms with Gasteiger partial charge in [-0.3, -0.25) is 9.10 Å². The molecule has 0 saturated heterocycles. The standard InChI is InChI=1S/C34H38FN3O4S/c1-38(43(2,40)41)32-20-29(19-30(21-32)33(39)37-18-17-26-13-15-31(35)16-14-26)24-42-25-34(36,22-27-9-5-3-6-10-27)23-28-11-7-4-8-12-28/h3-16,19-21H,17-18,22-25,36H2,1-2H3,(H,37,39). The van der Waals surface area contributed by atoms with E-state index < -0.39 is 15.6 Å². The van der Waals surface area contributed by atoms with Gasteiger partial charge in [-0.15, -0.1) is 0 Å². The van der Waals surface area contributed by atoms with Crippen molar-refractivity contribution in [2.45, 2.75) is 31.4 Å². The topological polar surface area (TPSA) is 102 Å². The highest BCUT2D eigenvalue weighted by molar-refractivity contribution is 7.92. The number of nitrogens with two attached hydrogens (primary N) is 1. The van der Waals surface area contributed by atoms with Gasteiger partial charge in [0.05, 0.1) is 25.2 Å². The fraction of sp³-hybridized carbons (Fsp3) is 0.265. The van der Waals surface area contributed by atoms with Crippen LogP contribution in [0.1, 0.15) is 32.6 Å². The highest BCUT2D eigenvalue weighted by atomic mass is 32.2. The third-order valence-electron chi connectivity index (χ3n) is 7.17. The van der Waals surface area contributed by atoms with Crippen molar-refractivity contribution < 1.29 is 22.3 Å². The Bertz CT molecular complexity index is 1560. The molecule has 9 heteroatoms. The lowest BCUT2D eigenvalue weighted by molar-refractivity contribution is 0.0725. The van der Waals surface area contributed by atoms with E-state index in [4.69, 9.17) is 10.5 Å². The van der Waals surface area contributed by atoms with E-state index in [1.165, 1.54) is 25.2 Å². The van der Waals surface area contributed by atoms with E-state index in [1.54, 1.807) is 24.3 Å². The highest BCUT2D eigenvalue weighted by Gasteiger charge is 2.27. The van der Waals surface area contributed by atoms with Crippen LogP contribution in [0.3, 0.4) is 0 Å². The van der Waals surface area contributed by atoms with E-state index in [9.17, 15) is 17.6 Å². The van der Waals surface area contributed by atoms with Crippen LogP contribution in [0, 0.1) is 5.82 Å². The monoisotopic (exact) mass is 603 g/mol. The number of hydrogen-bond donors (Lipinski definition) is 2. The minimum absolute atomic E-state index is 0.129. The van der Waals surface area contributed by atoms with E-state index in [-0.39, 0.29) is 24.9 Å². The van der Waals surface area contributed by atoms with Crippen molar-refractivity contribution in [2.75, 3.05) is 30.8 Å². The number of sulfonamides is 1. The summed E-state index contributed by atoms with van der Waals surface area (Å²) in [6.45, 7) is 0.697. The van der Waals surface area contributed by atoms with Gasteiger partial charge >= 0.3 is 0 Å². The zero-order valence-corrected chi connectivity index (χ0v) is 25.3. The maximum Gasteiger partial charge on any atom is 0.251 e. The van der Waals surface area contributed by atoms with E-state index in [2.05, 4.69) is 5.32 Å². The molecule has 4 aromatic carbocycles. The molecule has 4 aromatic rings. The molecular formula is C34H38FN3O4S. The van der Waals surface area contributed by atoms with Crippen LogP contribution in [-0.2, 0) is 40.6 Å².